The highest BCUT2D eigenvalue weighted by molar-refractivity contribution is 5.78. The van der Waals surface area contributed by atoms with Gasteiger partial charge in [0.15, 0.2) is 0 Å². The summed E-state index contributed by atoms with van der Waals surface area (Å²) < 4.78 is 6.23. The van der Waals surface area contributed by atoms with Crippen molar-refractivity contribution in [3.05, 3.63) is 0 Å². The first-order valence-corrected chi connectivity index (χ1v) is 17.8. The van der Waals surface area contributed by atoms with Crippen LogP contribution in [0.4, 0.5) is 0 Å². The summed E-state index contributed by atoms with van der Waals surface area (Å²) in [6, 6.07) is 0. The van der Waals surface area contributed by atoms with Gasteiger partial charge in [0, 0.05) is 0 Å². The fourth-order valence-electron chi connectivity index (χ4n) is 8.95. The van der Waals surface area contributed by atoms with Crippen LogP contribution >= 0.6 is 0 Å². The summed E-state index contributed by atoms with van der Waals surface area (Å²) in [6.07, 6.45) is 37.1. The minimum Gasteiger partial charge on any atom is -0.465 e. The van der Waals surface area contributed by atoms with E-state index in [1.54, 1.807) is 0 Å². The maximum atomic E-state index is 14.1. The van der Waals surface area contributed by atoms with Crippen LogP contribution in [0, 0.1) is 22.7 Å². The molecular weight excluding hydrogens is 464 g/mol. The van der Waals surface area contributed by atoms with Gasteiger partial charge in [0.25, 0.3) is 0 Å². The Kier molecular flexibility index (Phi) is 15.2. The van der Waals surface area contributed by atoms with E-state index in [0.717, 1.165) is 31.1 Å². The first-order chi connectivity index (χ1) is 18.7. The minimum absolute atomic E-state index is 0.187. The number of esters is 1. The highest BCUT2D eigenvalue weighted by atomic mass is 16.5. The third-order valence-corrected chi connectivity index (χ3v) is 11.4. The molecule has 0 amide bonds. The van der Waals surface area contributed by atoms with Gasteiger partial charge in [-0.1, -0.05) is 142 Å². The van der Waals surface area contributed by atoms with E-state index < -0.39 is 0 Å². The van der Waals surface area contributed by atoms with Crippen molar-refractivity contribution in [2.75, 3.05) is 6.61 Å². The topological polar surface area (TPSA) is 26.3 Å². The number of ether oxygens (including phenoxy) is 1. The Labute approximate surface area is 238 Å². The van der Waals surface area contributed by atoms with Crippen LogP contribution in [0.1, 0.15) is 194 Å². The van der Waals surface area contributed by atoms with Crippen LogP contribution in [0.2, 0.25) is 0 Å². The van der Waals surface area contributed by atoms with E-state index in [9.17, 15) is 4.79 Å². The van der Waals surface area contributed by atoms with E-state index in [1.807, 2.05) is 0 Å². The molecule has 2 heteroatoms. The fraction of sp³-hybridized carbons (Fsp3) is 0.972. The third kappa shape index (κ3) is 9.26. The highest BCUT2D eigenvalue weighted by Gasteiger charge is 2.57. The molecule has 3 aliphatic rings. The molecule has 0 aromatic heterocycles. The van der Waals surface area contributed by atoms with Crippen molar-refractivity contribution in [2.24, 2.45) is 22.7 Å². The summed E-state index contributed by atoms with van der Waals surface area (Å²) >= 11 is 0. The summed E-state index contributed by atoms with van der Waals surface area (Å²) in [7, 11) is 0. The largest absolute Gasteiger partial charge is 0.465 e. The lowest BCUT2D eigenvalue weighted by Gasteiger charge is -2.55. The molecule has 0 spiro atoms. The number of hydrogen-bond acceptors (Lipinski definition) is 2. The summed E-state index contributed by atoms with van der Waals surface area (Å²) in [5.74, 6) is 2.13. The lowest BCUT2D eigenvalue weighted by Crippen LogP contribution is -2.52. The van der Waals surface area contributed by atoms with E-state index in [2.05, 4.69) is 13.8 Å². The first-order valence-electron chi connectivity index (χ1n) is 17.8. The number of unbranched alkanes of at least 4 members (excludes halogenated alkanes) is 11. The Morgan fingerprint density at radius 2 is 1.08 bits per heavy atom. The molecule has 3 aliphatic carbocycles. The molecule has 0 unspecified atom stereocenters. The zero-order chi connectivity index (χ0) is 26.9. The van der Waals surface area contributed by atoms with Crippen molar-refractivity contribution in [1.82, 2.24) is 0 Å². The van der Waals surface area contributed by atoms with Crippen LogP contribution in [0.15, 0.2) is 0 Å². The molecule has 2 nitrogen and oxygen atoms in total. The van der Waals surface area contributed by atoms with Gasteiger partial charge < -0.3 is 4.74 Å². The Bertz CT molecular complexity index is 605. The zero-order valence-corrected chi connectivity index (χ0v) is 26.0. The van der Waals surface area contributed by atoms with E-state index in [4.69, 9.17) is 4.74 Å². The van der Waals surface area contributed by atoms with Crippen LogP contribution < -0.4 is 0 Å². The molecule has 0 saturated heterocycles. The fourth-order valence-corrected chi connectivity index (χ4v) is 8.95. The molecule has 3 rings (SSSR count). The van der Waals surface area contributed by atoms with Crippen molar-refractivity contribution < 1.29 is 9.53 Å². The molecule has 0 aliphatic heterocycles. The van der Waals surface area contributed by atoms with E-state index >= 15 is 0 Å². The van der Waals surface area contributed by atoms with E-state index in [-0.39, 0.29) is 16.8 Å². The first kappa shape index (κ1) is 32.0. The average molecular weight is 531 g/mol. The highest BCUT2D eigenvalue weighted by Crippen LogP contribution is 2.61. The van der Waals surface area contributed by atoms with Crippen molar-refractivity contribution in [2.45, 2.75) is 194 Å². The maximum Gasteiger partial charge on any atom is 0.312 e. The second-order valence-electron chi connectivity index (χ2n) is 13.9. The molecule has 0 aromatic rings. The van der Waals surface area contributed by atoms with E-state index in [0.29, 0.717) is 6.61 Å². The summed E-state index contributed by atoms with van der Waals surface area (Å²) in [5, 5.41) is 0. The molecule has 0 N–H and O–H groups in total. The molecule has 38 heavy (non-hydrogen) atoms. The van der Waals surface area contributed by atoms with Gasteiger partial charge in [-0.3, -0.25) is 4.79 Å². The van der Waals surface area contributed by atoms with Crippen molar-refractivity contribution >= 4 is 5.97 Å². The maximum absolute atomic E-state index is 14.1. The SMILES string of the molecule is CCCCCCCCCCC1(C2(C(=O)OCCCCCCC)CCCCC2)CCC(C2CCCCC2)CC1. The lowest BCUT2D eigenvalue weighted by atomic mass is 9.49. The van der Waals surface area contributed by atoms with Gasteiger partial charge in [-0.05, 0) is 68.6 Å². The van der Waals surface area contributed by atoms with Crippen molar-refractivity contribution in [3.8, 4) is 0 Å². The molecule has 3 saturated carbocycles. The molecule has 0 atom stereocenters. The third-order valence-electron chi connectivity index (χ3n) is 11.4. The number of hydrogen-bond donors (Lipinski definition) is 0. The monoisotopic (exact) mass is 531 g/mol. The molecule has 0 bridgehead atoms. The Balaban J connectivity index is 1.64. The molecule has 0 aromatic carbocycles. The Morgan fingerprint density at radius 1 is 0.579 bits per heavy atom. The quantitative estimate of drug-likeness (QED) is 0.130. The van der Waals surface area contributed by atoms with Crippen LogP contribution in [0.5, 0.6) is 0 Å². The van der Waals surface area contributed by atoms with Gasteiger partial charge in [-0.25, -0.2) is 0 Å². The lowest BCUT2D eigenvalue weighted by molar-refractivity contribution is -0.175. The Hall–Kier alpha value is -0.530. The summed E-state index contributed by atoms with van der Waals surface area (Å²) in [6.45, 7) is 5.23. The predicted molar refractivity (Wildman–Crippen MR) is 163 cm³/mol. The molecule has 3 fully saturated rings. The van der Waals surface area contributed by atoms with Crippen molar-refractivity contribution in [3.63, 3.8) is 0 Å². The van der Waals surface area contributed by atoms with Gasteiger partial charge in [0.1, 0.15) is 0 Å². The normalized spacial score (nSPS) is 26.3. The van der Waals surface area contributed by atoms with Crippen molar-refractivity contribution in [1.29, 1.82) is 0 Å². The zero-order valence-electron chi connectivity index (χ0n) is 26.0. The average Bonchev–Trinajstić information content (AvgIpc) is 2.97. The van der Waals surface area contributed by atoms with Crippen LogP contribution in [0.25, 0.3) is 0 Å². The second-order valence-corrected chi connectivity index (χ2v) is 13.9. The Morgan fingerprint density at radius 3 is 1.68 bits per heavy atom. The van der Waals surface area contributed by atoms with Gasteiger partial charge in [0.05, 0.1) is 12.0 Å². The smallest absolute Gasteiger partial charge is 0.312 e. The standard InChI is InChI=1S/C36H66O2/c1-3-5-7-9-10-11-12-18-26-35(29-24-33(25-30-35)32-22-16-14-17-23-32)36(27-19-15-20-28-36)34(37)38-31-21-13-8-6-4-2/h32-33H,3-31H2,1-2H3. The van der Waals surface area contributed by atoms with E-state index in [1.165, 1.54) is 161 Å². The van der Waals surface area contributed by atoms with Crippen LogP contribution in [0.3, 0.4) is 0 Å². The van der Waals surface area contributed by atoms with Gasteiger partial charge in [-0.15, -0.1) is 0 Å². The second kappa shape index (κ2) is 18.0. The number of carbonyl (C=O) groups excluding carboxylic acids is 1. The van der Waals surface area contributed by atoms with Crippen LogP contribution in [-0.4, -0.2) is 12.6 Å². The van der Waals surface area contributed by atoms with Gasteiger partial charge in [-0.2, -0.15) is 0 Å². The molecular formula is C36H66O2. The van der Waals surface area contributed by atoms with Gasteiger partial charge >= 0.3 is 5.97 Å². The number of rotatable bonds is 18. The summed E-state index contributed by atoms with van der Waals surface area (Å²) in [5.41, 5.74) is 0.0213. The summed E-state index contributed by atoms with van der Waals surface area (Å²) in [4.78, 5) is 14.1. The number of carbonyl (C=O) groups is 1. The van der Waals surface area contributed by atoms with Gasteiger partial charge in [0.2, 0.25) is 0 Å². The predicted octanol–water partition coefficient (Wildman–Crippen LogP) is 11.7. The molecule has 222 valence electrons. The van der Waals surface area contributed by atoms with Crippen LogP contribution in [-0.2, 0) is 9.53 Å². The molecule has 0 radical (unpaired) electrons. The molecule has 0 heterocycles. The minimum atomic E-state index is -0.187.